The molecule has 3 heteroatoms. The Labute approximate surface area is 115 Å². The van der Waals surface area contributed by atoms with Gasteiger partial charge in [0.2, 0.25) is 11.4 Å². The van der Waals surface area contributed by atoms with Gasteiger partial charge in [0.25, 0.3) is 6.73 Å². The highest BCUT2D eigenvalue weighted by molar-refractivity contribution is 6.24. The van der Waals surface area contributed by atoms with Crippen LogP contribution in [-0.2, 0) is 6.73 Å². The molecule has 0 saturated carbocycles. The maximum Gasteiger partial charge on any atom is 0.294 e. The van der Waals surface area contributed by atoms with Gasteiger partial charge < -0.3 is 4.74 Å². The number of aromatic nitrogens is 2. The number of fused-ring (bicyclic) bond motifs is 3. The van der Waals surface area contributed by atoms with Crippen LogP contribution in [0.5, 0.6) is 5.88 Å². The molecule has 1 aliphatic heterocycles. The van der Waals surface area contributed by atoms with Gasteiger partial charge in [-0.05, 0) is 22.9 Å². The maximum absolute atomic E-state index is 5.79. The van der Waals surface area contributed by atoms with Gasteiger partial charge in [0.1, 0.15) is 5.39 Å². The molecule has 0 bridgehead atoms. The molecule has 0 fully saturated rings. The van der Waals surface area contributed by atoms with Crippen LogP contribution >= 0.6 is 0 Å². The second-order valence-electron chi connectivity index (χ2n) is 5.10. The third-order valence-corrected chi connectivity index (χ3v) is 4.07. The molecule has 4 aromatic rings. The highest BCUT2D eigenvalue weighted by atomic mass is 16.5. The minimum Gasteiger partial charge on any atom is -0.417 e. The molecule has 3 heterocycles. The van der Waals surface area contributed by atoms with Gasteiger partial charge in [0, 0.05) is 17.6 Å². The largest absolute Gasteiger partial charge is 0.417 e. The van der Waals surface area contributed by atoms with Crippen molar-refractivity contribution in [2.75, 3.05) is 0 Å². The summed E-state index contributed by atoms with van der Waals surface area (Å²) < 4.78 is 7.94. The summed E-state index contributed by atoms with van der Waals surface area (Å²) in [5.74, 6) is 0.740. The molecule has 94 valence electrons. The van der Waals surface area contributed by atoms with E-state index in [0.29, 0.717) is 6.73 Å². The van der Waals surface area contributed by atoms with E-state index < -0.39 is 0 Å². The molecule has 3 nitrogen and oxygen atoms in total. The van der Waals surface area contributed by atoms with Crippen LogP contribution in [0.2, 0.25) is 0 Å². The summed E-state index contributed by atoms with van der Waals surface area (Å²) >= 11 is 0. The van der Waals surface area contributed by atoms with Crippen LogP contribution in [0, 0.1) is 0 Å². The van der Waals surface area contributed by atoms with Crippen molar-refractivity contribution in [3.8, 4) is 5.88 Å². The molecule has 0 N–H and O–H groups in total. The average Bonchev–Trinajstić information content (AvgIpc) is 2.53. The number of hydrogen-bond donors (Lipinski definition) is 0. The summed E-state index contributed by atoms with van der Waals surface area (Å²) in [7, 11) is 0. The second kappa shape index (κ2) is 3.45. The van der Waals surface area contributed by atoms with E-state index in [1.807, 2.05) is 6.20 Å². The predicted molar refractivity (Wildman–Crippen MR) is 77.6 cm³/mol. The minimum atomic E-state index is 0.523. The van der Waals surface area contributed by atoms with E-state index in [1.54, 1.807) is 0 Å². The van der Waals surface area contributed by atoms with Crippen molar-refractivity contribution in [1.82, 2.24) is 4.98 Å². The quantitative estimate of drug-likeness (QED) is 0.358. The topological polar surface area (TPSA) is 26.0 Å². The first-order valence-corrected chi connectivity index (χ1v) is 6.68. The zero-order valence-corrected chi connectivity index (χ0v) is 10.7. The van der Waals surface area contributed by atoms with Crippen molar-refractivity contribution in [1.29, 1.82) is 0 Å². The van der Waals surface area contributed by atoms with Crippen molar-refractivity contribution in [2.24, 2.45) is 0 Å². The standard InChI is InChI=1S/C17H11N2O/c1-2-5-12-11(4-1)13-7-8-18-17-15(13)16-14(12)6-3-9-19(16)10-20-17/h1-9H,10H2/q+1. The molecule has 0 atom stereocenters. The Balaban J connectivity index is 2.26. The highest BCUT2D eigenvalue weighted by Gasteiger charge is 2.24. The fourth-order valence-electron chi connectivity index (χ4n) is 3.24. The fourth-order valence-corrected chi connectivity index (χ4v) is 3.24. The third kappa shape index (κ3) is 1.11. The van der Waals surface area contributed by atoms with E-state index in [-0.39, 0.29) is 0 Å². The number of nitrogens with zero attached hydrogens (tertiary/aromatic N) is 2. The third-order valence-electron chi connectivity index (χ3n) is 4.07. The monoisotopic (exact) mass is 259 g/mol. The molecule has 2 aromatic carbocycles. The van der Waals surface area contributed by atoms with Gasteiger partial charge in [0.15, 0.2) is 6.20 Å². The number of ether oxygens (including phenoxy) is 1. The number of pyridine rings is 2. The van der Waals surface area contributed by atoms with E-state index in [1.165, 1.54) is 27.1 Å². The van der Waals surface area contributed by atoms with Crippen LogP contribution in [0.25, 0.3) is 32.4 Å². The Morgan fingerprint density at radius 2 is 1.70 bits per heavy atom. The van der Waals surface area contributed by atoms with Crippen LogP contribution in [0.3, 0.4) is 0 Å². The Morgan fingerprint density at radius 1 is 0.900 bits per heavy atom. The first kappa shape index (κ1) is 10.1. The SMILES string of the molecule is c1ccc2c(c1)c1ccnc3c1c1c2ccc[n+]1CO3. The zero-order chi connectivity index (χ0) is 13.1. The van der Waals surface area contributed by atoms with Gasteiger partial charge in [-0.1, -0.05) is 24.3 Å². The Bertz CT molecular complexity index is 925. The van der Waals surface area contributed by atoms with Crippen molar-refractivity contribution in [3.05, 3.63) is 54.9 Å². The van der Waals surface area contributed by atoms with Gasteiger partial charge in [-0.2, -0.15) is 4.57 Å². The molecule has 0 saturated heterocycles. The van der Waals surface area contributed by atoms with Gasteiger partial charge in [-0.3, -0.25) is 0 Å². The number of rotatable bonds is 0. The maximum atomic E-state index is 5.79. The fraction of sp³-hybridized carbons (Fsp3) is 0.0588. The Kier molecular flexibility index (Phi) is 1.75. The normalized spacial score (nSPS) is 13.2. The number of benzene rings is 2. The summed E-state index contributed by atoms with van der Waals surface area (Å²) in [6, 6.07) is 14.9. The lowest BCUT2D eigenvalue weighted by atomic mass is 9.97. The first-order valence-electron chi connectivity index (χ1n) is 6.68. The van der Waals surface area contributed by atoms with E-state index in [2.05, 4.69) is 58.2 Å². The molecular weight excluding hydrogens is 248 g/mol. The van der Waals surface area contributed by atoms with E-state index in [9.17, 15) is 0 Å². The summed E-state index contributed by atoms with van der Waals surface area (Å²) in [5, 5.41) is 6.12. The molecule has 20 heavy (non-hydrogen) atoms. The lowest BCUT2D eigenvalue weighted by Gasteiger charge is -2.15. The first-order chi connectivity index (χ1) is 9.93. The molecular formula is C17H11N2O+. The lowest BCUT2D eigenvalue weighted by Crippen LogP contribution is -2.39. The van der Waals surface area contributed by atoms with Crippen molar-refractivity contribution < 1.29 is 9.30 Å². The molecule has 2 aromatic heterocycles. The lowest BCUT2D eigenvalue weighted by molar-refractivity contribution is -0.701. The molecule has 1 aliphatic rings. The van der Waals surface area contributed by atoms with Crippen molar-refractivity contribution in [3.63, 3.8) is 0 Å². The van der Waals surface area contributed by atoms with Crippen LogP contribution in [-0.4, -0.2) is 4.98 Å². The van der Waals surface area contributed by atoms with Crippen molar-refractivity contribution in [2.45, 2.75) is 6.73 Å². The van der Waals surface area contributed by atoms with Crippen LogP contribution in [0.15, 0.2) is 54.9 Å². The van der Waals surface area contributed by atoms with E-state index in [4.69, 9.17) is 4.74 Å². The van der Waals surface area contributed by atoms with Crippen LogP contribution < -0.4 is 9.30 Å². The smallest absolute Gasteiger partial charge is 0.294 e. The second-order valence-corrected chi connectivity index (χ2v) is 5.10. The molecule has 0 spiro atoms. The molecule has 5 rings (SSSR count). The molecule has 0 aliphatic carbocycles. The average molecular weight is 259 g/mol. The van der Waals surface area contributed by atoms with Gasteiger partial charge >= 0.3 is 0 Å². The van der Waals surface area contributed by atoms with Crippen molar-refractivity contribution >= 4 is 32.4 Å². The van der Waals surface area contributed by atoms with Gasteiger partial charge in [-0.15, -0.1) is 0 Å². The summed E-state index contributed by atoms with van der Waals surface area (Å²) in [6.45, 7) is 0.523. The summed E-state index contributed by atoms with van der Waals surface area (Å²) in [5.41, 5.74) is 1.22. The highest BCUT2D eigenvalue weighted by Crippen LogP contribution is 2.38. The molecule has 0 radical (unpaired) electrons. The number of hydrogen-bond acceptors (Lipinski definition) is 2. The predicted octanol–water partition coefficient (Wildman–Crippen LogP) is 3.18. The molecule has 0 amide bonds. The van der Waals surface area contributed by atoms with Crippen LogP contribution in [0.1, 0.15) is 0 Å². The van der Waals surface area contributed by atoms with Crippen LogP contribution in [0.4, 0.5) is 0 Å². The Hall–Kier alpha value is -2.68. The zero-order valence-electron chi connectivity index (χ0n) is 10.7. The summed E-state index contributed by atoms with van der Waals surface area (Å²) in [6.07, 6.45) is 3.89. The Morgan fingerprint density at radius 3 is 2.60 bits per heavy atom. The van der Waals surface area contributed by atoms with E-state index >= 15 is 0 Å². The van der Waals surface area contributed by atoms with E-state index in [0.717, 1.165) is 11.3 Å². The van der Waals surface area contributed by atoms with Gasteiger partial charge in [0.05, 0.1) is 5.39 Å². The van der Waals surface area contributed by atoms with Gasteiger partial charge in [-0.25, -0.2) is 4.98 Å². The minimum absolute atomic E-state index is 0.523. The summed E-state index contributed by atoms with van der Waals surface area (Å²) in [4.78, 5) is 4.39. The molecule has 0 unspecified atom stereocenters.